The Bertz CT molecular complexity index is 717. The molecule has 23 heavy (non-hydrogen) atoms. The van der Waals surface area contributed by atoms with E-state index in [9.17, 15) is 22.0 Å². The van der Waals surface area contributed by atoms with E-state index in [0.717, 1.165) is 12.1 Å². The van der Waals surface area contributed by atoms with Crippen LogP contribution in [0.1, 0.15) is 28.8 Å². The summed E-state index contributed by atoms with van der Waals surface area (Å²) < 4.78 is 62.8. The molecule has 0 saturated heterocycles. The Kier molecular flexibility index (Phi) is 4.79. The fourth-order valence-corrected chi connectivity index (χ4v) is 1.81. The zero-order valence-corrected chi connectivity index (χ0v) is 11.5. The van der Waals surface area contributed by atoms with Gasteiger partial charge in [-0.3, -0.25) is 0 Å². The highest BCUT2D eigenvalue weighted by atomic mass is 19.4. The number of alkyl halides is 5. The maximum absolute atomic E-state index is 12.6. The summed E-state index contributed by atoms with van der Waals surface area (Å²) in [5, 5.41) is 11.5. The first kappa shape index (κ1) is 16.7. The Morgan fingerprint density at radius 3 is 2.26 bits per heavy atom. The van der Waals surface area contributed by atoms with Crippen molar-refractivity contribution in [3.63, 3.8) is 0 Å². The fraction of sp³-hybridized carbons (Fsp3) is 0.200. The summed E-state index contributed by atoms with van der Waals surface area (Å²) in [6.45, 7) is 0.0481. The number of halogens is 5. The first-order valence-corrected chi connectivity index (χ1v) is 6.40. The first-order valence-electron chi connectivity index (χ1n) is 6.40. The van der Waals surface area contributed by atoms with Crippen molar-refractivity contribution in [3.05, 3.63) is 58.8 Å². The number of hydrogen-bond acceptors (Lipinski definition) is 3. The third-order valence-corrected chi connectivity index (χ3v) is 3.00. The number of pyridine rings is 1. The lowest BCUT2D eigenvalue weighted by Gasteiger charge is -2.11. The van der Waals surface area contributed by atoms with Crippen molar-refractivity contribution in [2.24, 2.45) is 0 Å². The molecule has 2 rings (SSSR count). The summed E-state index contributed by atoms with van der Waals surface area (Å²) in [5.74, 6) is -0.208. The molecule has 1 aromatic heterocycles. The van der Waals surface area contributed by atoms with E-state index in [4.69, 9.17) is 5.26 Å². The lowest BCUT2D eigenvalue weighted by molar-refractivity contribution is -0.141. The number of rotatable bonds is 4. The number of nitriles is 1. The van der Waals surface area contributed by atoms with Crippen LogP contribution in [0.2, 0.25) is 0 Å². The number of aromatic nitrogens is 1. The van der Waals surface area contributed by atoms with Gasteiger partial charge in [0.25, 0.3) is 6.43 Å². The van der Waals surface area contributed by atoms with E-state index in [1.807, 2.05) is 0 Å². The SMILES string of the molecule is N#Cc1ccc(C(F)(F)F)nc1NCc1ccc(C(F)F)cc1. The van der Waals surface area contributed by atoms with Crippen LogP contribution in [0.15, 0.2) is 36.4 Å². The molecule has 0 unspecified atom stereocenters. The second-order valence-electron chi connectivity index (χ2n) is 4.60. The van der Waals surface area contributed by atoms with E-state index < -0.39 is 18.3 Å². The number of benzene rings is 1. The van der Waals surface area contributed by atoms with Crippen LogP contribution >= 0.6 is 0 Å². The number of anilines is 1. The topological polar surface area (TPSA) is 48.7 Å². The molecule has 2 aromatic rings. The zero-order valence-electron chi connectivity index (χ0n) is 11.5. The van der Waals surface area contributed by atoms with Gasteiger partial charge in [0.15, 0.2) is 0 Å². The lowest BCUT2D eigenvalue weighted by atomic mass is 10.1. The predicted octanol–water partition coefficient (Wildman–Crippen LogP) is 4.52. The van der Waals surface area contributed by atoms with Crippen LogP contribution in [0, 0.1) is 11.3 Å². The molecule has 0 aliphatic carbocycles. The van der Waals surface area contributed by atoms with E-state index in [1.54, 1.807) is 6.07 Å². The molecule has 0 amide bonds. The second kappa shape index (κ2) is 6.60. The molecule has 1 aromatic carbocycles. The maximum Gasteiger partial charge on any atom is 0.433 e. The molecule has 1 N–H and O–H groups in total. The monoisotopic (exact) mass is 327 g/mol. The van der Waals surface area contributed by atoms with Crippen LogP contribution < -0.4 is 5.32 Å². The van der Waals surface area contributed by atoms with Crippen LogP contribution in [0.3, 0.4) is 0 Å². The van der Waals surface area contributed by atoms with Gasteiger partial charge in [-0.15, -0.1) is 0 Å². The molecule has 8 heteroatoms. The molecule has 0 radical (unpaired) electrons. The average molecular weight is 327 g/mol. The molecule has 0 spiro atoms. The van der Waals surface area contributed by atoms with E-state index in [-0.39, 0.29) is 23.5 Å². The standard InChI is InChI=1S/C15H10F5N3/c16-13(17)10-3-1-9(2-4-10)8-22-14-11(7-21)5-6-12(23-14)15(18,19)20/h1-6,13H,8H2,(H,22,23). The van der Waals surface area contributed by atoms with Gasteiger partial charge in [-0.2, -0.15) is 18.4 Å². The normalized spacial score (nSPS) is 11.3. The minimum Gasteiger partial charge on any atom is -0.365 e. The molecule has 1 heterocycles. The number of nitrogens with zero attached hydrogens (tertiary/aromatic N) is 2. The average Bonchev–Trinajstić information content (AvgIpc) is 2.52. The fourth-order valence-electron chi connectivity index (χ4n) is 1.81. The van der Waals surface area contributed by atoms with Crippen molar-refractivity contribution < 1.29 is 22.0 Å². The summed E-state index contributed by atoms with van der Waals surface area (Å²) in [4.78, 5) is 3.40. The summed E-state index contributed by atoms with van der Waals surface area (Å²) in [6.07, 6.45) is -7.21. The number of nitrogens with one attached hydrogen (secondary N) is 1. The third kappa shape index (κ3) is 4.16. The van der Waals surface area contributed by atoms with Gasteiger partial charge in [0.1, 0.15) is 17.6 Å². The quantitative estimate of drug-likeness (QED) is 0.840. The highest BCUT2D eigenvalue weighted by molar-refractivity contribution is 5.52. The molecule has 120 valence electrons. The summed E-state index contributed by atoms with van der Waals surface area (Å²) in [5.41, 5.74) is -0.740. The van der Waals surface area contributed by atoms with Gasteiger partial charge in [0.05, 0.1) is 5.56 Å². The van der Waals surface area contributed by atoms with Crippen LogP contribution in [-0.4, -0.2) is 4.98 Å². The lowest BCUT2D eigenvalue weighted by Crippen LogP contribution is -2.11. The highest BCUT2D eigenvalue weighted by Gasteiger charge is 2.33. The molecule has 0 atom stereocenters. The van der Waals surface area contributed by atoms with Gasteiger partial charge in [0.2, 0.25) is 0 Å². The van der Waals surface area contributed by atoms with Crippen molar-refractivity contribution in [2.45, 2.75) is 19.1 Å². The summed E-state index contributed by atoms with van der Waals surface area (Å²) in [7, 11) is 0. The van der Waals surface area contributed by atoms with Crippen LogP contribution in [0.4, 0.5) is 27.8 Å². The molecule has 0 fully saturated rings. The van der Waals surface area contributed by atoms with Crippen molar-refractivity contribution in [2.75, 3.05) is 5.32 Å². The van der Waals surface area contributed by atoms with Crippen molar-refractivity contribution in [1.29, 1.82) is 5.26 Å². The Morgan fingerprint density at radius 2 is 1.74 bits per heavy atom. The van der Waals surface area contributed by atoms with Crippen LogP contribution in [-0.2, 0) is 12.7 Å². The van der Waals surface area contributed by atoms with E-state index in [0.29, 0.717) is 5.56 Å². The van der Waals surface area contributed by atoms with E-state index in [2.05, 4.69) is 10.3 Å². The molecular weight excluding hydrogens is 317 g/mol. The highest BCUT2D eigenvalue weighted by Crippen LogP contribution is 2.29. The van der Waals surface area contributed by atoms with Crippen LogP contribution in [0.25, 0.3) is 0 Å². The Morgan fingerprint density at radius 1 is 1.09 bits per heavy atom. The Balaban J connectivity index is 2.17. The van der Waals surface area contributed by atoms with Gasteiger partial charge in [-0.25, -0.2) is 13.8 Å². The van der Waals surface area contributed by atoms with Crippen molar-refractivity contribution >= 4 is 5.82 Å². The van der Waals surface area contributed by atoms with Gasteiger partial charge >= 0.3 is 6.18 Å². The van der Waals surface area contributed by atoms with E-state index >= 15 is 0 Å². The molecule has 0 saturated carbocycles. The van der Waals surface area contributed by atoms with Crippen molar-refractivity contribution in [1.82, 2.24) is 4.98 Å². The predicted molar refractivity (Wildman–Crippen MR) is 72.7 cm³/mol. The smallest absolute Gasteiger partial charge is 0.365 e. The minimum atomic E-state index is -4.62. The first-order chi connectivity index (χ1) is 10.8. The Labute approximate surface area is 128 Å². The summed E-state index contributed by atoms with van der Waals surface area (Å²) >= 11 is 0. The van der Waals surface area contributed by atoms with Gasteiger partial charge in [-0.05, 0) is 17.7 Å². The van der Waals surface area contributed by atoms with Crippen LogP contribution in [0.5, 0.6) is 0 Å². The maximum atomic E-state index is 12.6. The zero-order chi connectivity index (χ0) is 17.0. The Hall–Kier alpha value is -2.69. The molecule has 0 bridgehead atoms. The molecule has 0 aliphatic heterocycles. The molecular formula is C15H10F5N3. The second-order valence-corrected chi connectivity index (χ2v) is 4.60. The summed E-state index contributed by atoms with van der Waals surface area (Å²) in [6, 6.07) is 8.80. The van der Waals surface area contributed by atoms with Gasteiger partial charge in [0, 0.05) is 12.1 Å². The van der Waals surface area contributed by atoms with E-state index in [1.165, 1.54) is 24.3 Å². The minimum absolute atomic E-state index is 0.0396. The molecule has 3 nitrogen and oxygen atoms in total. The third-order valence-electron chi connectivity index (χ3n) is 3.00. The van der Waals surface area contributed by atoms with Gasteiger partial charge in [-0.1, -0.05) is 24.3 Å². The molecule has 0 aliphatic rings. The largest absolute Gasteiger partial charge is 0.433 e. The van der Waals surface area contributed by atoms with Crippen molar-refractivity contribution in [3.8, 4) is 6.07 Å². The van der Waals surface area contributed by atoms with Gasteiger partial charge < -0.3 is 5.32 Å². The number of hydrogen-bond donors (Lipinski definition) is 1.